The maximum atomic E-state index is 11.9. The van der Waals surface area contributed by atoms with E-state index >= 15 is 0 Å². The summed E-state index contributed by atoms with van der Waals surface area (Å²) in [7, 11) is 1.65. The van der Waals surface area contributed by atoms with E-state index in [0.717, 1.165) is 11.3 Å². The van der Waals surface area contributed by atoms with E-state index in [9.17, 15) is 4.79 Å². The fourth-order valence-electron chi connectivity index (χ4n) is 1.83. The van der Waals surface area contributed by atoms with Crippen molar-refractivity contribution in [2.24, 2.45) is 0 Å². The molecular weight excluding hydrogens is 216 g/mol. The van der Waals surface area contributed by atoms with Crippen molar-refractivity contribution >= 4 is 5.78 Å². The minimum atomic E-state index is -0.226. The Morgan fingerprint density at radius 3 is 2.53 bits per heavy atom. The maximum absolute atomic E-state index is 11.9. The summed E-state index contributed by atoms with van der Waals surface area (Å²) in [6.45, 7) is 6.86. The third kappa shape index (κ3) is 2.50. The standard InChI is InChI=1S/C14H18O3/c1-14(2,3)10-7-9(5-6-11(10)16-4)13(15)12-8-17-12/h5-7,12H,8H2,1-4H3. The van der Waals surface area contributed by atoms with Crippen molar-refractivity contribution in [1.82, 2.24) is 0 Å². The van der Waals surface area contributed by atoms with Crippen LogP contribution >= 0.6 is 0 Å². The molecule has 17 heavy (non-hydrogen) atoms. The lowest BCUT2D eigenvalue weighted by Gasteiger charge is -2.22. The molecule has 1 fully saturated rings. The number of methoxy groups -OCH3 is 1. The summed E-state index contributed by atoms with van der Waals surface area (Å²) in [6, 6.07) is 5.58. The Bertz CT molecular complexity index is 439. The van der Waals surface area contributed by atoms with Crippen LogP contribution in [-0.4, -0.2) is 25.6 Å². The SMILES string of the molecule is COc1ccc(C(=O)C2CO2)cc1C(C)(C)C. The van der Waals surface area contributed by atoms with Crippen LogP contribution in [0.25, 0.3) is 0 Å². The second-order valence-corrected chi connectivity index (χ2v) is 5.35. The smallest absolute Gasteiger partial charge is 0.193 e. The first kappa shape index (κ1) is 12.1. The number of rotatable bonds is 3. The van der Waals surface area contributed by atoms with Crippen molar-refractivity contribution in [3.05, 3.63) is 29.3 Å². The Morgan fingerprint density at radius 2 is 2.06 bits per heavy atom. The average Bonchev–Trinajstić information content (AvgIpc) is 3.10. The molecule has 1 aliphatic rings. The van der Waals surface area contributed by atoms with Gasteiger partial charge in [0.2, 0.25) is 0 Å². The lowest BCUT2D eigenvalue weighted by molar-refractivity contribution is 0.0953. The number of carbonyl (C=O) groups excluding carboxylic acids is 1. The highest BCUT2D eigenvalue weighted by molar-refractivity contribution is 6.01. The highest BCUT2D eigenvalue weighted by atomic mass is 16.6. The summed E-state index contributed by atoms with van der Waals surface area (Å²) in [6.07, 6.45) is -0.226. The van der Waals surface area contributed by atoms with Gasteiger partial charge in [-0.1, -0.05) is 20.8 Å². The molecule has 1 aromatic carbocycles. The van der Waals surface area contributed by atoms with E-state index in [0.29, 0.717) is 12.2 Å². The molecule has 0 amide bonds. The third-order valence-corrected chi connectivity index (χ3v) is 2.92. The molecule has 0 bridgehead atoms. The predicted molar refractivity (Wildman–Crippen MR) is 65.8 cm³/mol. The minimum Gasteiger partial charge on any atom is -0.496 e. The van der Waals surface area contributed by atoms with Crippen LogP contribution in [-0.2, 0) is 10.2 Å². The fraction of sp³-hybridized carbons (Fsp3) is 0.500. The van der Waals surface area contributed by atoms with Crippen LogP contribution in [0.15, 0.2) is 18.2 Å². The van der Waals surface area contributed by atoms with Gasteiger partial charge in [-0.2, -0.15) is 0 Å². The van der Waals surface area contributed by atoms with Gasteiger partial charge in [0.15, 0.2) is 5.78 Å². The maximum Gasteiger partial charge on any atom is 0.193 e. The molecule has 0 aliphatic carbocycles. The van der Waals surface area contributed by atoms with Gasteiger partial charge in [0.1, 0.15) is 11.9 Å². The molecule has 0 radical (unpaired) electrons. The summed E-state index contributed by atoms with van der Waals surface area (Å²) in [5.41, 5.74) is 1.70. The van der Waals surface area contributed by atoms with Crippen molar-refractivity contribution in [2.45, 2.75) is 32.3 Å². The molecule has 1 heterocycles. The zero-order chi connectivity index (χ0) is 12.6. The average molecular weight is 234 g/mol. The molecule has 1 aliphatic heterocycles. The van der Waals surface area contributed by atoms with E-state index in [1.807, 2.05) is 12.1 Å². The lowest BCUT2D eigenvalue weighted by atomic mass is 9.85. The fourth-order valence-corrected chi connectivity index (χ4v) is 1.83. The van der Waals surface area contributed by atoms with E-state index < -0.39 is 0 Å². The van der Waals surface area contributed by atoms with E-state index in [4.69, 9.17) is 9.47 Å². The van der Waals surface area contributed by atoms with Crippen molar-refractivity contribution in [3.63, 3.8) is 0 Å². The minimum absolute atomic E-state index is 0.0496. The molecule has 0 saturated carbocycles. The van der Waals surface area contributed by atoms with E-state index in [2.05, 4.69) is 20.8 Å². The van der Waals surface area contributed by atoms with Crippen LogP contribution in [0.1, 0.15) is 36.7 Å². The molecule has 3 heteroatoms. The Labute approximate surface area is 102 Å². The van der Waals surface area contributed by atoms with Crippen molar-refractivity contribution in [1.29, 1.82) is 0 Å². The molecular formula is C14H18O3. The quantitative estimate of drug-likeness (QED) is 0.596. The Hall–Kier alpha value is -1.35. The van der Waals surface area contributed by atoms with Crippen LogP contribution in [0.2, 0.25) is 0 Å². The first-order valence-electron chi connectivity index (χ1n) is 5.78. The summed E-state index contributed by atoms with van der Waals surface area (Å²) in [4.78, 5) is 11.9. The van der Waals surface area contributed by atoms with Gasteiger partial charge in [0, 0.05) is 11.1 Å². The molecule has 0 aromatic heterocycles. The molecule has 1 atom stereocenters. The molecule has 0 N–H and O–H groups in total. The number of benzene rings is 1. The topological polar surface area (TPSA) is 38.8 Å². The summed E-state index contributed by atoms with van der Waals surface area (Å²) in [5, 5.41) is 0. The molecule has 1 unspecified atom stereocenters. The number of carbonyl (C=O) groups is 1. The van der Waals surface area contributed by atoms with Gasteiger partial charge in [-0.25, -0.2) is 0 Å². The molecule has 1 aromatic rings. The van der Waals surface area contributed by atoms with Gasteiger partial charge in [0.25, 0.3) is 0 Å². The van der Waals surface area contributed by atoms with Gasteiger partial charge in [-0.15, -0.1) is 0 Å². The Balaban J connectivity index is 2.40. The zero-order valence-corrected chi connectivity index (χ0v) is 10.7. The molecule has 2 rings (SSSR count). The highest BCUT2D eigenvalue weighted by Crippen LogP contribution is 2.32. The number of epoxide rings is 1. The van der Waals surface area contributed by atoms with Crippen LogP contribution in [0.4, 0.5) is 0 Å². The van der Waals surface area contributed by atoms with Gasteiger partial charge in [0.05, 0.1) is 13.7 Å². The molecule has 3 nitrogen and oxygen atoms in total. The van der Waals surface area contributed by atoms with Gasteiger partial charge in [-0.05, 0) is 23.6 Å². The Kier molecular flexibility index (Phi) is 2.96. The van der Waals surface area contributed by atoms with Crippen molar-refractivity contribution in [3.8, 4) is 5.75 Å². The monoisotopic (exact) mass is 234 g/mol. The highest BCUT2D eigenvalue weighted by Gasteiger charge is 2.33. The van der Waals surface area contributed by atoms with Crippen LogP contribution < -0.4 is 4.74 Å². The third-order valence-electron chi connectivity index (χ3n) is 2.92. The van der Waals surface area contributed by atoms with Gasteiger partial charge >= 0.3 is 0 Å². The van der Waals surface area contributed by atoms with Gasteiger partial charge in [-0.3, -0.25) is 4.79 Å². The van der Waals surface area contributed by atoms with Crippen molar-refractivity contribution < 1.29 is 14.3 Å². The number of ether oxygens (including phenoxy) is 2. The first-order chi connectivity index (χ1) is 7.93. The largest absolute Gasteiger partial charge is 0.496 e. The number of hydrogen-bond acceptors (Lipinski definition) is 3. The first-order valence-corrected chi connectivity index (χ1v) is 5.78. The summed E-state index contributed by atoms with van der Waals surface area (Å²) in [5.74, 6) is 0.893. The van der Waals surface area contributed by atoms with E-state index in [1.165, 1.54) is 0 Å². The molecule has 1 saturated heterocycles. The summed E-state index contributed by atoms with van der Waals surface area (Å²) < 4.78 is 10.4. The zero-order valence-electron chi connectivity index (χ0n) is 10.7. The van der Waals surface area contributed by atoms with Crippen LogP contribution in [0, 0.1) is 0 Å². The van der Waals surface area contributed by atoms with E-state index in [1.54, 1.807) is 13.2 Å². The molecule has 0 spiro atoms. The van der Waals surface area contributed by atoms with Crippen LogP contribution in [0.5, 0.6) is 5.75 Å². The van der Waals surface area contributed by atoms with Crippen LogP contribution in [0.3, 0.4) is 0 Å². The Morgan fingerprint density at radius 1 is 1.41 bits per heavy atom. The number of Topliss-reactive ketones (excluding diaryl/α,β-unsaturated/α-hetero) is 1. The second kappa shape index (κ2) is 4.15. The normalized spacial score (nSPS) is 18.9. The van der Waals surface area contributed by atoms with E-state index in [-0.39, 0.29) is 17.3 Å². The lowest BCUT2D eigenvalue weighted by Crippen LogP contribution is -2.15. The van der Waals surface area contributed by atoms with Crippen molar-refractivity contribution in [2.75, 3.05) is 13.7 Å². The summed E-state index contributed by atoms with van der Waals surface area (Å²) >= 11 is 0. The molecule has 92 valence electrons. The second-order valence-electron chi connectivity index (χ2n) is 5.35. The number of ketones is 1. The van der Waals surface area contributed by atoms with Gasteiger partial charge < -0.3 is 9.47 Å². The number of hydrogen-bond donors (Lipinski definition) is 0. The predicted octanol–water partition coefficient (Wildman–Crippen LogP) is 2.57.